The summed E-state index contributed by atoms with van der Waals surface area (Å²) >= 11 is 0. The van der Waals surface area contributed by atoms with Crippen molar-refractivity contribution in [3.63, 3.8) is 0 Å². The van der Waals surface area contributed by atoms with Gasteiger partial charge in [0.25, 0.3) is 0 Å². The van der Waals surface area contributed by atoms with Crippen molar-refractivity contribution >= 4 is 13.3 Å². The normalized spacial score (nSPS) is 10.9. The van der Waals surface area contributed by atoms with Crippen LogP contribution in [-0.2, 0) is 4.79 Å². The lowest BCUT2D eigenvalue weighted by molar-refractivity contribution is -0.145. The van der Waals surface area contributed by atoms with Gasteiger partial charge in [0.2, 0.25) is 0 Å². The largest absolute Gasteiger partial charge is 0.631 e. The standard InChI is InChI=1S/C3H6O3.BH3O3/c1-2(4)3(5)6;2-1(3)4/h2,4H,1H3,(H,5,6);2-4H/t2-;/m0./s1. The van der Waals surface area contributed by atoms with Crippen molar-refractivity contribution in [3.05, 3.63) is 0 Å². The number of aliphatic carboxylic acids is 1. The number of carbonyl (C=O) groups is 1. The van der Waals surface area contributed by atoms with Crippen LogP contribution in [0.1, 0.15) is 6.92 Å². The topological polar surface area (TPSA) is 118 Å². The van der Waals surface area contributed by atoms with E-state index in [1.807, 2.05) is 0 Å². The van der Waals surface area contributed by atoms with E-state index in [4.69, 9.17) is 25.3 Å². The fraction of sp³-hybridized carbons (Fsp3) is 0.667. The van der Waals surface area contributed by atoms with Gasteiger partial charge in [-0.05, 0) is 6.92 Å². The predicted molar refractivity (Wildman–Crippen MR) is 31.7 cm³/mol. The van der Waals surface area contributed by atoms with Gasteiger partial charge in [-0.15, -0.1) is 0 Å². The first kappa shape index (κ1) is 12.1. The molecule has 6 nitrogen and oxygen atoms in total. The Morgan fingerprint density at radius 2 is 1.50 bits per heavy atom. The van der Waals surface area contributed by atoms with E-state index in [0.29, 0.717) is 0 Å². The van der Waals surface area contributed by atoms with Crippen molar-refractivity contribution < 1.29 is 30.1 Å². The molecule has 5 N–H and O–H groups in total. The molecule has 1 atom stereocenters. The summed E-state index contributed by atoms with van der Waals surface area (Å²) in [7, 11) is -2.17. The lowest BCUT2D eigenvalue weighted by Gasteiger charge is -1.89. The molecule has 0 fully saturated rings. The monoisotopic (exact) mass is 152 g/mol. The lowest BCUT2D eigenvalue weighted by Crippen LogP contribution is -2.13. The van der Waals surface area contributed by atoms with Gasteiger partial charge < -0.3 is 25.3 Å². The Kier molecular flexibility index (Phi) is 7.85. The fourth-order valence-corrected chi connectivity index (χ4v) is 0. The van der Waals surface area contributed by atoms with E-state index in [2.05, 4.69) is 0 Å². The van der Waals surface area contributed by atoms with Crippen LogP contribution in [0, 0.1) is 0 Å². The average Bonchev–Trinajstić information content (AvgIpc) is 1.63. The first-order valence-electron chi connectivity index (χ1n) is 2.33. The van der Waals surface area contributed by atoms with E-state index < -0.39 is 19.4 Å². The fourth-order valence-electron chi connectivity index (χ4n) is 0. The van der Waals surface area contributed by atoms with Crippen molar-refractivity contribution in [2.24, 2.45) is 0 Å². The summed E-state index contributed by atoms with van der Waals surface area (Å²) in [6.45, 7) is 1.20. The number of hydrogen-bond acceptors (Lipinski definition) is 5. The Morgan fingerprint density at radius 3 is 1.50 bits per heavy atom. The Labute approximate surface area is 57.5 Å². The Hall–Kier alpha value is -0.625. The van der Waals surface area contributed by atoms with Crippen LogP contribution in [0.3, 0.4) is 0 Å². The van der Waals surface area contributed by atoms with Gasteiger partial charge in [-0.1, -0.05) is 0 Å². The van der Waals surface area contributed by atoms with Crippen molar-refractivity contribution in [3.8, 4) is 0 Å². The second-order valence-electron chi connectivity index (χ2n) is 1.36. The smallest absolute Gasteiger partial charge is 0.479 e. The minimum atomic E-state index is -2.17. The number of rotatable bonds is 1. The maximum absolute atomic E-state index is 9.45. The van der Waals surface area contributed by atoms with Gasteiger partial charge in [0.15, 0.2) is 0 Å². The molecule has 0 aromatic heterocycles. The molecule has 0 aliphatic heterocycles. The zero-order valence-electron chi connectivity index (χ0n) is 5.30. The van der Waals surface area contributed by atoms with Crippen molar-refractivity contribution in [2.45, 2.75) is 13.0 Å². The highest BCUT2D eigenvalue weighted by Gasteiger charge is 2.01. The second kappa shape index (κ2) is 6.49. The van der Waals surface area contributed by atoms with Gasteiger partial charge in [-0.3, -0.25) is 0 Å². The summed E-state index contributed by atoms with van der Waals surface area (Å²) < 4.78 is 0. The molecule has 0 aromatic carbocycles. The molecule has 0 aliphatic rings. The van der Waals surface area contributed by atoms with Crippen LogP contribution in [0.4, 0.5) is 0 Å². The predicted octanol–water partition coefficient (Wildman–Crippen LogP) is -2.60. The molecule has 0 amide bonds. The molecular weight excluding hydrogens is 143 g/mol. The maximum Gasteiger partial charge on any atom is 0.631 e. The highest BCUT2D eigenvalue weighted by Crippen LogP contribution is 1.73. The molecule has 0 radical (unpaired) electrons. The first-order chi connectivity index (χ1) is 4.37. The molecule has 0 saturated carbocycles. The van der Waals surface area contributed by atoms with Crippen LogP contribution in [0.15, 0.2) is 0 Å². The number of aliphatic hydroxyl groups is 1. The third kappa shape index (κ3) is 26.3. The van der Waals surface area contributed by atoms with Crippen LogP contribution in [0.25, 0.3) is 0 Å². The van der Waals surface area contributed by atoms with Crippen molar-refractivity contribution in [2.75, 3.05) is 0 Å². The number of hydrogen-bond donors (Lipinski definition) is 5. The molecule has 0 bridgehead atoms. The second-order valence-corrected chi connectivity index (χ2v) is 1.36. The molecular formula is C3H9BO6. The molecule has 0 rings (SSSR count). The summed E-state index contributed by atoms with van der Waals surface area (Å²) in [6, 6.07) is 0. The van der Waals surface area contributed by atoms with Crippen molar-refractivity contribution in [1.29, 1.82) is 0 Å². The quantitative estimate of drug-likeness (QED) is 0.263. The van der Waals surface area contributed by atoms with Gasteiger partial charge in [0, 0.05) is 0 Å². The lowest BCUT2D eigenvalue weighted by atomic mass is 10.3. The Balaban J connectivity index is 0. The zero-order valence-corrected chi connectivity index (χ0v) is 5.30. The van der Waals surface area contributed by atoms with Gasteiger partial charge in [-0.2, -0.15) is 0 Å². The molecule has 0 unspecified atom stereocenters. The molecule has 0 aliphatic carbocycles. The number of carboxylic acids is 1. The van der Waals surface area contributed by atoms with E-state index in [1.54, 1.807) is 0 Å². The third-order valence-corrected chi connectivity index (χ3v) is 0.357. The molecule has 7 heteroatoms. The Morgan fingerprint density at radius 1 is 1.40 bits per heavy atom. The zero-order chi connectivity index (χ0) is 8.73. The number of carboxylic acid groups (broad SMARTS) is 1. The summed E-state index contributed by atoms with van der Waals surface area (Å²) in [5.74, 6) is -1.19. The van der Waals surface area contributed by atoms with Gasteiger partial charge >= 0.3 is 13.3 Å². The molecule has 0 aromatic rings. The SMILES string of the molecule is C[C@H](O)C(=O)O.OB(O)O. The maximum atomic E-state index is 9.45. The van der Waals surface area contributed by atoms with E-state index in [0.717, 1.165) is 0 Å². The molecule has 0 saturated heterocycles. The van der Waals surface area contributed by atoms with E-state index in [-0.39, 0.29) is 0 Å². The molecule has 10 heavy (non-hydrogen) atoms. The summed E-state index contributed by atoms with van der Waals surface area (Å²) in [4.78, 5) is 9.45. The van der Waals surface area contributed by atoms with Crippen LogP contribution in [-0.4, -0.2) is 44.7 Å². The van der Waals surface area contributed by atoms with Crippen molar-refractivity contribution in [1.82, 2.24) is 0 Å². The average molecular weight is 152 g/mol. The summed E-state index contributed by atoms with van der Waals surface area (Å²) in [5.41, 5.74) is 0. The summed E-state index contributed by atoms with van der Waals surface area (Å²) in [5, 5.41) is 37.3. The first-order valence-corrected chi connectivity index (χ1v) is 2.33. The molecule has 0 spiro atoms. The van der Waals surface area contributed by atoms with Crippen LogP contribution in [0.5, 0.6) is 0 Å². The number of aliphatic hydroxyl groups excluding tert-OH is 1. The van der Waals surface area contributed by atoms with E-state index in [1.165, 1.54) is 6.92 Å². The van der Waals surface area contributed by atoms with Gasteiger partial charge in [0.1, 0.15) is 6.10 Å². The van der Waals surface area contributed by atoms with E-state index in [9.17, 15) is 4.79 Å². The van der Waals surface area contributed by atoms with Crippen LogP contribution < -0.4 is 0 Å². The molecule has 60 valence electrons. The highest BCUT2D eigenvalue weighted by atomic mass is 16.5. The van der Waals surface area contributed by atoms with Crippen LogP contribution >= 0.6 is 0 Å². The molecule has 0 heterocycles. The minimum Gasteiger partial charge on any atom is -0.479 e. The minimum absolute atomic E-state index is 1.19. The summed E-state index contributed by atoms with van der Waals surface area (Å²) in [6.07, 6.45) is -1.23. The highest BCUT2D eigenvalue weighted by molar-refractivity contribution is 6.30. The van der Waals surface area contributed by atoms with Gasteiger partial charge in [0.05, 0.1) is 0 Å². The third-order valence-electron chi connectivity index (χ3n) is 0.357. The Bertz CT molecular complexity index is 88.2. The van der Waals surface area contributed by atoms with Gasteiger partial charge in [-0.25, -0.2) is 4.79 Å². The van der Waals surface area contributed by atoms with E-state index >= 15 is 0 Å². The van der Waals surface area contributed by atoms with Crippen LogP contribution in [0.2, 0.25) is 0 Å².